The van der Waals surface area contributed by atoms with Crippen molar-refractivity contribution in [2.75, 3.05) is 6.61 Å². The first kappa shape index (κ1) is 24.2. The van der Waals surface area contributed by atoms with E-state index in [0.29, 0.717) is 18.9 Å². The smallest absolute Gasteiger partial charge is 0.361 e. The van der Waals surface area contributed by atoms with E-state index >= 15 is 0 Å². The van der Waals surface area contributed by atoms with Gasteiger partial charge in [0.25, 0.3) is 5.56 Å². The number of H-pyrrole nitrogens is 1. The van der Waals surface area contributed by atoms with Crippen LogP contribution in [-0.4, -0.2) is 28.1 Å². The van der Waals surface area contributed by atoms with Crippen LogP contribution in [0.2, 0.25) is 0 Å². The molecule has 0 aliphatic heterocycles. The molecule has 33 heavy (non-hydrogen) atoms. The van der Waals surface area contributed by atoms with Crippen molar-refractivity contribution < 1.29 is 14.3 Å². The number of esters is 1. The molecule has 2 aromatic carbocycles. The van der Waals surface area contributed by atoms with Gasteiger partial charge in [0.05, 0.1) is 6.61 Å². The van der Waals surface area contributed by atoms with Gasteiger partial charge in [-0.3, -0.25) is 4.79 Å². The van der Waals surface area contributed by atoms with E-state index in [1.807, 2.05) is 43.3 Å². The van der Waals surface area contributed by atoms with Crippen LogP contribution in [0.4, 0.5) is 0 Å². The number of unbranched alkanes of at least 4 members (excludes halogenated alkanes) is 1. The van der Waals surface area contributed by atoms with Crippen LogP contribution < -0.4 is 10.3 Å². The molecule has 1 heterocycles. The van der Waals surface area contributed by atoms with Gasteiger partial charge >= 0.3 is 5.97 Å². The fourth-order valence-corrected chi connectivity index (χ4v) is 3.50. The molecule has 6 nitrogen and oxygen atoms in total. The summed E-state index contributed by atoms with van der Waals surface area (Å²) < 4.78 is 11.2. The van der Waals surface area contributed by atoms with Gasteiger partial charge in [-0.05, 0) is 56.4 Å². The van der Waals surface area contributed by atoms with Crippen LogP contribution in [0.5, 0.6) is 5.75 Å². The fraction of sp³-hybridized carbons (Fsp3) is 0.370. The molecular formula is C27H32N2O4. The molecule has 0 atom stereocenters. The van der Waals surface area contributed by atoms with Gasteiger partial charge in [-0.25, -0.2) is 9.78 Å². The molecule has 0 unspecified atom stereocenters. The highest BCUT2D eigenvalue weighted by atomic mass is 16.6. The summed E-state index contributed by atoms with van der Waals surface area (Å²) in [5.74, 6) is -0.382. The van der Waals surface area contributed by atoms with E-state index in [4.69, 9.17) is 9.47 Å². The second-order valence-electron chi connectivity index (χ2n) is 9.04. The molecule has 0 spiro atoms. The molecule has 0 bridgehead atoms. The third kappa shape index (κ3) is 6.31. The van der Waals surface area contributed by atoms with Crippen molar-refractivity contribution in [1.29, 1.82) is 0 Å². The lowest BCUT2D eigenvalue weighted by Gasteiger charge is -2.20. The maximum absolute atomic E-state index is 12.9. The highest BCUT2D eigenvalue weighted by Gasteiger charge is 2.26. The number of aromatic amines is 1. The van der Waals surface area contributed by atoms with E-state index in [1.165, 1.54) is 0 Å². The number of nitrogens with one attached hydrogen (secondary N) is 1. The number of nitrogens with zero attached hydrogens (tertiary/aromatic N) is 1. The Morgan fingerprint density at radius 1 is 1.03 bits per heavy atom. The van der Waals surface area contributed by atoms with Crippen LogP contribution in [0.3, 0.4) is 0 Å². The van der Waals surface area contributed by atoms with Crippen LogP contribution in [0.15, 0.2) is 53.3 Å². The zero-order chi connectivity index (χ0) is 24.0. The van der Waals surface area contributed by atoms with Gasteiger partial charge in [0.2, 0.25) is 5.75 Å². The van der Waals surface area contributed by atoms with Crippen LogP contribution in [0, 0.1) is 6.92 Å². The second kappa shape index (κ2) is 10.5. The first-order valence-corrected chi connectivity index (χ1v) is 11.3. The maximum atomic E-state index is 12.9. The average molecular weight is 449 g/mol. The number of rotatable bonds is 8. The molecular weight excluding hydrogens is 416 g/mol. The van der Waals surface area contributed by atoms with E-state index < -0.39 is 17.1 Å². The number of ether oxygens (including phenoxy) is 2. The van der Waals surface area contributed by atoms with E-state index in [1.54, 1.807) is 20.8 Å². The summed E-state index contributed by atoms with van der Waals surface area (Å²) in [6.07, 6.45) is 2.02. The molecule has 0 radical (unpaired) electrons. The highest BCUT2D eigenvalue weighted by molar-refractivity contribution is 5.90. The molecule has 0 saturated carbocycles. The minimum Gasteiger partial charge on any atom is -0.486 e. The SMILES string of the molecule is CCCCOc1c(C(=O)OC(C)(C)C)nc(Cc2ccccc2-c2ccccc2C)[nH]c1=O. The minimum absolute atomic E-state index is 0.0892. The summed E-state index contributed by atoms with van der Waals surface area (Å²) in [4.78, 5) is 33.1. The van der Waals surface area contributed by atoms with Crippen molar-refractivity contribution in [3.8, 4) is 16.9 Å². The Kier molecular flexibility index (Phi) is 7.69. The molecule has 0 amide bonds. The van der Waals surface area contributed by atoms with Gasteiger partial charge in [0, 0.05) is 6.42 Å². The van der Waals surface area contributed by atoms with Crippen LogP contribution in [0.25, 0.3) is 11.1 Å². The van der Waals surface area contributed by atoms with Gasteiger partial charge in [-0.15, -0.1) is 0 Å². The monoisotopic (exact) mass is 448 g/mol. The van der Waals surface area contributed by atoms with Crippen molar-refractivity contribution in [2.45, 2.75) is 59.5 Å². The quantitative estimate of drug-likeness (QED) is 0.365. The van der Waals surface area contributed by atoms with E-state index in [9.17, 15) is 9.59 Å². The zero-order valence-corrected chi connectivity index (χ0v) is 20.0. The normalized spacial score (nSPS) is 11.3. The lowest BCUT2D eigenvalue weighted by atomic mass is 9.94. The summed E-state index contributed by atoms with van der Waals surface area (Å²) >= 11 is 0. The number of aryl methyl sites for hydroxylation is 1. The topological polar surface area (TPSA) is 81.3 Å². The first-order chi connectivity index (χ1) is 15.7. The van der Waals surface area contributed by atoms with E-state index in [0.717, 1.165) is 35.1 Å². The van der Waals surface area contributed by atoms with Gasteiger partial charge in [0.1, 0.15) is 11.4 Å². The number of aromatic nitrogens is 2. The lowest BCUT2D eigenvalue weighted by molar-refractivity contribution is 0.00576. The fourth-order valence-electron chi connectivity index (χ4n) is 3.50. The average Bonchev–Trinajstić information content (AvgIpc) is 2.75. The first-order valence-electron chi connectivity index (χ1n) is 11.3. The number of carbonyl (C=O) groups is 1. The van der Waals surface area contributed by atoms with Gasteiger partial charge in [-0.1, -0.05) is 61.9 Å². The molecule has 0 aliphatic carbocycles. The van der Waals surface area contributed by atoms with Gasteiger partial charge in [-0.2, -0.15) is 0 Å². The summed E-state index contributed by atoms with van der Waals surface area (Å²) in [5, 5.41) is 0. The Bertz CT molecular complexity index is 1180. The molecule has 3 rings (SSSR count). The van der Waals surface area contributed by atoms with E-state index in [-0.39, 0.29) is 11.4 Å². The Morgan fingerprint density at radius 2 is 1.70 bits per heavy atom. The molecule has 0 fully saturated rings. The standard InChI is InChI=1S/C27H32N2O4/c1-6-7-16-32-24-23(26(31)33-27(3,4)5)28-22(29-25(24)30)17-19-13-9-11-15-21(19)20-14-10-8-12-18(20)2/h8-15H,6-7,16-17H2,1-5H3,(H,28,29,30). The molecule has 1 aromatic heterocycles. The van der Waals surface area contributed by atoms with Gasteiger partial charge in [0.15, 0.2) is 5.69 Å². The summed E-state index contributed by atoms with van der Waals surface area (Å²) in [7, 11) is 0. The van der Waals surface area contributed by atoms with Crippen molar-refractivity contribution in [1.82, 2.24) is 9.97 Å². The van der Waals surface area contributed by atoms with Crippen LogP contribution in [0.1, 0.15) is 68.0 Å². The second-order valence-corrected chi connectivity index (χ2v) is 9.04. The predicted molar refractivity (Wildman–Crippen MR) is 130 cm³/mol. The van der Waals surface area contributed by atoms with Crippen LogP contribution >= 0.6 is 0 Å². The minimum atomic E-state index is -0.723. The molecule has 6 heteroatoms. The highest BCUT2D eigenvalue weighted by Crippen LogP contribution is 2.28. The number of hydrogen-bond acceptors (Lipinski definition) is 5. The number of carbonyl (C=O) groups excluding carboxylic acids is 1. The third-order valence-electron chi connectivity index (χ3n) is 5.07. The summed E-state index contributed by atoms with van der Waals surface area (Å²) in [6, 6.07) is 16.1. The Hall–Kier alpha value is -3.41. The molecule has 0 saturated heterocycles. The van der Waals surface area contributed by atoms with Crippen molar-refractivity contribution in [3.63, 3.8) is 0 Å². The molecule has 3 aromatic rings. The lowest BCUT2D eigenvalue weighted by Crippen LogP contribution is -2.28. The van der Waals surface area contributed by atoms with Crippen molar-refractivity contribution in [3.05, 3.63) is 81.5 Å². The van der Waals surface area contributed by atoms with E-state index in [2.05, 4.69) is 29.0 Å². The molecule has 1 N–H and O–H groups in total. The zero-order valence-electron chi connectivity index (χ0n) is 20.0. The molecule has 0 aliphatic rings. The Labute approximate surface area is 195 Å². The maximum Gasteiger partial charge on any atom is 0.361 e. The van der Waals surface area contributed by atoms with Crippen LogP contribution in [-0.2, 0) is 11.2 Å². The number of hydrogen-bond donors (Lipinski definition) is 1. The molecule has 174 valence electrons. The Balaban J connectivity index is 2.02. The number of benzene rings is 2. The van der Waals surface area contributed by atoms with Gasteiger partial charge < -0.3 is 14.5 Å². The largest absolute Gasteiger partial charge is 0.486 e. The summed E-state index contributed by atoms with van der Waals surface area (Å²) in [5.41, 5.74) is 3.02. The Morgan fingerprint density at radius 3 is 2.36 bits per heavy atom. The summed E-state index contributed by atoms with van der Waals surface area (Å²) in [6.45, 7) is 9.73. The van der Waals surface area contributed by atoms with Crippen molar-refractivity contribution >= 4 is 5.97 Å². The third-order valence-corrected chi connectivity index (χ3v) is 5.07. The van der Waals surface area contributed by atoms with Crippen molar-refractivity contribution in [2.24, 2.45) is 0 Å². The predicted octanol–water partition coefficient (Wildman–Crippen LogP) is 5.47.